The van der Waals surface area contributed by atoms with Crippen LogP contribution < -0.4 is 10.4 Å². The van der Waals surface area contributed by atoms with Crippen molar-refractivity contribution in [2.24, 2.45) is 0 Å². The Hall–Kier alpha value is -1.78. The molecule has 0 radical (unpaired) electrons. The van der Waals surface area contributed by atoms with Gasteiger partial charge in [0.1, 0.15) is 0 Å². The van der Waals surface area contributed by atoms with Crippen LogP contribution >= 0.6 is 0 Å². The molecule has 2 rings (SSSR count). The maximum absolute atomic E-state index is 6.85. The van der Waals surface area contributed by atoms with E-state index in [1.807, 2.05) is 0 Å². The van der Waals surface area contributed by atoms with Gasteiger partial charge in [-0.2, -0.15) is 0 Å². The van der Waals surface area contributed by atoms with Gasteiger partial charge < -0.3 is 51.8 Å². The number of unbranched alkanes of at least 4 members (excludes halogenated alkanes) is 2. The molecule has 0 aliphatic carbocycles. The fourth-order valence-electron chi connectivity index (χ4n) is 5.55. The minimum atomic E-state index is -2.54. The summed E-state index contributed by atoms with van der Waals surface area (Å²) in [5, 5.41) is 2.48. The second-order valence-electron chi connectivity index (χ2n) is 13.3. The van der Waals surface area contributed by atoms with E-state index in [1.54, 1.807) is 0 Å². The molecule has 304 valence electrons. The summed E-state index contributed by atoms with van der Waals surface area (Å²) in [5.41, 5.74) is 0. The van der Waals surface area contributed by atoms with Crippen LogP contribution in [0.2, 0.25) is 5.04 Å². The van der Waals surface area contributed by atoms with Crippen molar-refractivity contribution >= 4 is 18.7 Å². The first-order valence-electron chi connectivity index (χ1n) is 19.5. The molecule has 0 spiro atoms. The van der Waals surface area contributed by atoms with Crippen LogP contribution in [-0.2, 0) is 51.8 Å². The highest BCUT2D eigenvalue weighted by Crippen LogP contribution is 2.36. The molecule has 0 bridgehead atoms. The lowest BCUT2D eigenvalue weighted by Gasteiger charge is -2.43. The van der Waals surface area contributed by atoms with Gasteiger partial charge in [-0.15, -0.1) is 0 Å². The zero-order chi connectivity index (χ0) is 38.0. The predicted octanol–water partition coefficient (Wildman–Crippen LogP) is 4.92. The van der Waals surface area contributed by atoms with Crippen LogP contribution in [0.3, 0.4) is 0 Å². The highest BCUT2D eigenvalue weighted by atomic mass is 28.4. The normalized spacial score (nSPS) is 12.2. The summed E-state index contributed by atoms with van der Waals surface area (Å²) in [6.45, 7) is 20.5. The minimum absolute atomic E-state index is 0.0542. The first-order chi connectivity index (χ1) is 26.0. The Kier molecular flexibility index (Phi) is 29.0. The summed E-state index contributed by atoms with van der Waals surface area (Å²) >= 11 is 0. The number of ether oxygens (including phenoxy) is 10. The third kappa shape index (κ3) is 22.4. The molecule has 2 aromatic rings. The van der Waals surface area contributed by atoms with E-state index < -0.39 is 8.32 Å². The number of hydrogen-bond acceptors (Lipinski definition) is 11. The van der Waals surface area contributed by atoms with Crippen molar-refractivity contribution in [1.29, 1.82) is 0 Å². The van der Waals surface area contributed by atoms with Gasteiger partial charge in [0.05, 0.1) is 132 Å². The van der Waals surface area contributed by atoms with E-state index in [4.69, 9.17) is 51.8 Å². The Balaban J connectivity index is 1.31. The van der Waals surface area contributed by atoms with Crippen LogP contribution in [0.4, 0.5) is 0 Å². The molecule has 0 aliphatic heterocycles. The highest BCUT2D eigenvalue weighted by Gasteiger charge is 2.50. The van der Waals surface area contributed by atoms with E-state index in [2.05, 4.69) is 88.4 Å². The summed E-state index contributed by atoms with van der Waals surface area (Å²) < 4.78 is 62.5. The molecular weight excluding hydrogens is 697 g/mol. The van der Waals surface area contributed by atoms with Crippen molar-refractivity contribution < 1.29 is 51.8 Å². The molecule has 2 aromatic carbocycles. The monoisotopic (exact) mass is 766 g/mol. The highest BCUT2D eigenvalue weighted by molar-refractivity contribution is 6.99. The van der Waals surface area contributed by atoms with Gasteiger partial charge in [0, 0.05) is 6.61 Å². The first kappa shape index (κ1) is 47.4. The summed E-state index contributed by atoms with van der Waals surface area (Å²) in [4.78, 5) is 0. The van der Waals surface area contributed by atoms with E-state index >= 15 is 0 Å². The molecule has 12 heteroatoms. The van der Waals surface area contributed by atoms with Crippen LogP contribution in [0.25, 0.3) is 0 Å². The third-order valence-electron chi connectivity index (χ3n) is 8.20. The van der Waals surface area contributed by atoms with Crippen LogP contribution in [0, 0.1) is 0 Å². The van der Waals surface area contributed by atoms with E-state index in [-0.39, 0.29) is 5.04 Å². The maximum Gasteiger partial charge on any atom is 0.261 e. The molecule has 0 unspecified atom stereocenters. The van der Waals surface area contributed by atoms with E-state index in [1.165, 1.54) is 23.2 Å². The van der Waals surface area contributed by atoms with Gasteiger partial charge in [0.25, 0.3) is 8.32 Å². The topological polar surface area (TPSA) is 102 Å². The molecule has 0 N–H and O–H groups in total. The molecule has 0 heterocycles. The van der Waals surface area contributed by atoms with Gasteiger partial charge in [-0.1, -0.05) is 101 Å². The Labute approximate surface area is 321 Å². The number of rotatable bonds is 37. The molecule has 0 aliphatic rings. The standard InChI is InChI=1S/C41H70O11Si/c1-5-6-13-18-42-19-20-43-21-22-44-23-24-45-25-26-46-27-28-47-29-30-48-31-32-49-33-34-50-35-36-51-37-38-52-53(41(2,3)4,39-14-9-7-10-15-39)40-16-11-8-12-17-40/h7-12,14-17H,5-6,13,18-38H2,1-4H3. The molecule has 0 atom stereocenters. The van der Waals surface area contributed by atoms with Crippen molar-refractivity contribution in [3.05, 3.63) is 60.7 Å². The van der Waals surface area contributed by atoms with Crippen molar-refractivity contribution in [3.8, 4) is 0 Å². The third-order valence-corrected chi connectivity index (χ3v) is 13.2. The van der Waals surface area contributed by atoms with Gasteiger partial charge in [-0.3, -0.25) is 0 Å². The lowest BCUT2D eigenvalue weighted by atomic mass is 10.2. The zero-order valence-electron chi connectivity index (χ0n) is 33.2. The molecule has 0 fully saturated rings. The molecule has 53 heavy (non-hydrogen) atoms. The average Bonchev–Trinajstić information content (AvgIpc) is 3.16. The quantitative estimate of drug-likeness (QED) is 0.0693. The Morgan fingerprint density at radius 1 is 0.358 bits per heavy atom. The summed E-state index contributed by atoms with van der Waals surface area (Å²) in [6.07, 6.45) is 3.54. The fraction of sp³-hybridized carbons (Fsp3) is 0.707. The number of benzene rings is 2. The molecule has 0 aromatic heterocycles. The van der Waals surface area contributed by atoms with Gasteiger partial charge in [0.2, 0.25) is 0 Å². The molecule has 11 nitrogen and oxygen atoms in total. The summed E-state index contributed by atoms with van der Waals surface area (Å²) in [7, 11) is -2.54. The van der Waals surface area contributed by atoms with E-state index in [0.29, 0.717) is 132 Å². The summed E-state index contributed by atoms with van der Waals surface area (Å²) in [5.74, 6) is 0. The van der Waals surface area contributed by atoms with Crippen LogP contribution in [0.15, 0.2) is 60.7 Å². The van der Waals surface area contributed by atoms with Gasteiger partial charge in [0.15, 0.2) is 0 Å². The van der Waals surface area contributed by atoms with Crippen molar-refractivity contribution in [1.82, 2.24) is 0 Å². The number of hydrogen-bond donors (Lipinski definition) is 0. The minimum Gasteiger partial charge on any atom is -0.405 e. The Bertz CT molecular complexity index is 1020. The van der Waals surface area contributed by atoms with Gasteiger partial charge >= 0.3 is 0 Å². The lowest BCUT2D eigenvalue weighted by Crippen LogP contribution is -2.66. The predicted molar refractivity (Wildman–Crippen MR) is 211 cm³/mol. The van der Waals surface area contributed by atoms with Crippen molar-refractivity contribution in [2.75, 3.05) is 139 Å². The second kappa shape index (κ2) is 32.5. The Morgan fingerprint density at radius 3 is 0.887 bits per heavy atom. The Morgan fingerprint density at radius 2 is 0.623 bits per heavy atom. The maximum atomic E-state index is 6.85. The van der Waals surface area contributed by atoms with Crippen LogP contribution in [0.1, 0.15) is 47.0 Å². The van der Waals surface area contributed by atoms with Crippen LogP contribution in [-0.4, -0.2) is 147 Å². The SMILES string of the molecule is CCCCCOCCOCCOCCOCCOCCOCCOCCOCCOCCOCCO[Si](c1ccccc1)(c1ccccc1)C(C)(C)C. The fourth-order valence-corrected chi connectivity index (χ4v) is 10.1. The van der Waals surface area contributed by atoms with Crippen molar-refractivity contribution in [2.45, 2.75) is 52.0 Å². The van der Waals surface area contributed by atoms with E-state index in [0.717, 1.165) is 13.0 Å². The zero-order valence-corrected chi connectivity index (χ0v) is 34.2. The smallest absolute Gasteiger partial charge is 0.261 e. The van der Waals surface area contributed by atoms with Crippen LogP contribution in [0.5, 0.6) is 0 Å². The molecule has 0 saturated carbocycles. The molecule has 0 saturated heterocycles. The summed E-state index contributed by atoms with van der Waals surface area (Å²) in [6, 6.07) is 21.3. The molecular formula is C41H70O11Si. The lowest BCUT2D eigenvalue weighted by molar-refractivity contribution is -0.0267. The first-order valence-corrected chi connectivity index (χ1v) is 21.5. The average molecular weight is 767 g/mol. The van der Waals surface area contributed by atoms with Gasteiger partial charge in [-0.05, 0) is 21.8 Å². The second-order valence-corrected chi connectivity index (χ2v) is 17.6. The van der Waals surface area contributed by atoms with Crippen molar-refractivity contribution in [3.63, 3.8) is 0 Å². The van der Waals surface area contributed by atoms with E-state index in [9.17, 15) is 0 Å². The van der Waals surface area contributed by atoms with Gasteiger partial charge in [-0.25, -0.2) is 0 Å². The largest absolute Gasteiger partial charge is 0.405 e. The molecule has 0 amide bonds.